The molecule has 0 aliphatic carbocycles. The summed E-state index contributed by atoms with van der Waals surface area (Å²) >= 11 is 3.55. The van der Waals surface area contributed by atoms with Crippen LogP contribution in [0.4, 0.5) is 5.69 Å². The standard InChI is InChI=1S/C20H17IN2O2S/c21-15-8-4-9-16(13-15)22-19(24)17(12-14-6-2-1-3-7-14)23-20(25)18-10-5-11-26-18/h1-11,13,17H,12H2,(H,22,24)(H,23,25). The molecular formula is C20H17IN2O2S. The quantitative estimate of drug-likeness (QED) is 0.521. The van der Waals surface area contributed by atoms with Crippen LogP contribution < -0.4 is 10.6 Å². The highest BCUT2D eigenvalue weighted by atomic mass is 127. The first kappa shape index (κ1) is 18.6. The fraction of sp³-hybridized carbons (Fsp3) is 0.100. The van der Waals surface area contributed by atoms with Crippen LogP contribution in [-0.4, -0.2) is 17.9 Å². The molecular weight excluding hydrogens is 459 g/mol. The van der Waals surface area contributed by atoms with Crippen molar-refractivity contribution in [1.29, 1.82) is 0 Å². The topological polar surface area (TPSA) is 58.2 Å². The molecule has 2 aromatic carbocycles. The maximum absolute atomic E-state index is 12.8. The van der Waals surface area contributed by atoms with Crippen LogP contribution in [0.3, 0.4) is 0 Å². The second-order valence-corrected chi connectivity index (χ2v) is 7.89. The molecule has 0 aliphatic rings. The highest BCUT2D eigenvalue weighted by Crippen LogP contribution is 2.14. The largest absolute Gasteiger partial charge is 0.339 e. The third-order valence-electron chi connectivity index (χ3n) is 3.74. The van der Waals surface area contributed by atoms with Gasteiger partial charge in [0, 0.05) is 15.7 Å². The third-order valence-corrected chi connectivity index (χ3v) is 5.28. The number of hydrogen-bond acceptors (Lipinski definition) is 3. The summed E-state index contributed by atoms with van der Waals surface area (Å²) in [6, 6.07) is 20.1. The van der Waals surface area contributed by atoms with Crippen molar-refractivity contribution in [2.24, 2.45) is 0 Å². The molecule has 2 N–H and O–H groups in total. The number of carbonyl (C=O) groups excluding carboxylic acids is 2. The molecule has 1 atom stereocenters. The first-order chi connectivity index (χ1) is 12.6. The predicted octanol–water partition coefficient (Wildman–Crippen LogP) is 4.33. The minimum atomic E-state index is -0.662. The summed E-state index contributed by atoms with van der Waals surface area (Å²) in [4.78, 5) is 25.8. The molecule has 1 unspecified atom stereocenters. The lowest BCUT2D eigenvalue weighted by atomic mass is 10.0. The van der Waals surface area contributed by atoms with E-state index < -0.39 is 6.04 Å². The summed E-state index contributed by atoms with van der Waals surface area (Å²) in [5.41, 5.74) is 1.70. The van der Waals surface area contributed by atoms with E-state index in [1.165, 1.54) is 11.3 Å². The van der Waals surface area contributed by atoms with E-state index in [9.17, 15) is 9.59 Å². The van der Waals surface area contributed by atoms with Crippen molar-refractivity contribution < 1.29 is 9.59 Å². The fourth-order valence-electron chi connectivity index (χ4n) is 2.49. The number of thiophene rings is 1. The van der Waals surface area contributed by atoms with Gasteiger partial charge in [0.25, 0.3) is 5.91 Å². The molecule has 1 aromatic heterocycles. The minimum Gasteiger partial charge on any atom is -0.339 e. The zero-order valence-corrected chi connectivity index (χ0v) is 16.8. The lowest BCUT2D eigenvalue weighted by Gasteiger charge is -2.18. The van der Waals surface area contributed by atoms with E-state index >= 15 is 0 Å². The van der Waals surface area contributed by atoms with E-state index in [4.69, 9.17) is 0 Å². The molecule has 4 nitrogen and oxygen atoms in total. The molecule has 6 heteroatoms. The molecule has 0 fully saturated rings. The van der Waals surface area contributed by atoms with Gasteiger partial charge in [-0.05, 0) is 57.8 Å². The molecule has 26 heavy (non-hydrogen) atoms. The number of anilines is 1. The maximum Gasteiger partial charge on any atom is 0.262 e. The molecule has 0 bridgehead atoms. The zero-order valence-electron chi connectivity index (χ0n) is 13.8. The number of benzene rings is 2. The molecule has 0 spiro atoms. The number of halogens is 1. The van der Waals surface area contributed by atoms with Crippen LogP contribution in [0.2, 0.25) is 0 Å². The Labute approximate surface area is 169 Å². The molecule has 0 aliphatic heterocycles. The Morgan fingerprint density at radius 3 is 2.50 bits per heavy atom. The van der Waals surface area contributed by atoms with Crippen LogP contribution in [-0.2, 0) is 11.2 Å². The molecule has 0 radical (unpaired) electrons. The van der Waals surface area contributed by atoms with E-state index in [2.05, 4.69) is 33.2 Å². The number of nitrogens with one attached hydrogen (secondary N) is 2. The second kappa shape index (κ2) is 8.95. The highest BCUT2D eigenvalue weighted by Gasteiger charge is 2.22. The SMILES string of the molecule is O=C(NC(Cc1ccccc1)C(=O)Nc1cccc(I)c1)c1cccs1. The van der Waals surface area contributed by atoms with Gasteiger partial charge < -0.3 is 10.6 Å². The summed E-state index contributed by atoms with van der Waals surface area (Å²) in [5, 5.41) is 7.60. The highest BCUT2D eigenvalue weighted by molar-refractivity contribution is 14.1. The third kappa shape index (κ3) is 5.15. The number of amides is 2. The number of rotatable bonds is 6. The molecule has 3 rings (SSSR count). The first-order valence-electron chi connectivity index (χ1n) is 8.06. The van der Waals surface area contributed by atoms with Crippen molar-refractivity contribution >= 4 is 51.4 Å². The monoisotopic (exact) mass is 476 g/mol. The van der Waals surface area contributed by atoms with Crippen LogP contribution in [0.25, 0.3) is 0 Å². The molecule has 132 valence electrons. The number of carbonyl (C=O) groups is 2. The predicted molar refractivity (Wildman–Crippen MR) is 114 cm³/mol. The van der Waals surface area contributed by atoms with Crippen LogP contribution in [0.1, 0.15) is 15.2 Å². The molecule has 0 saturated carbocycles. The van der Waals surface area contributed by atoms with Crippen LogP contribution in [0.15, 0.2) is 72.1 Å². The van der Waals surface area contributed by atoms with Gasteiger partial charge in [-0.2, -0.15) is 0 Å². The molecule has 2 amide bonds. The Morgan fingerprint density at radius 2 is 1.81 bits per heavy atom. The van der Waals surface area contributed by atoms with Gasteiger partial charge in [0.1, 0.15) is 6.04 Å². The Bertz CT molecular complexity index is 882. The van der Waals surface area contributed by atoms with Gasteiger partial charge >= 0.3 is 0 Å². The van der Waals surface area contributed by atoms with E-state index in [-0.39, 0.29) is 11.8 Å². The lowest BCUT2D eigenvalue weighted by molar-refractivity contribution is -0.118. The molecule has 1 heterocycles. The first-order valence-corrected chi connectivity index (χ1v) is 10.0. The van der Waals surface area contributed by atoms with E-state index in [0.717, 1.165) is 9.13 Å². The van der Waals surface area contributed by atoms with Crippen molar-refractivity contribution in [2.75, 3.05) is 5.32 Å². The van der Waals surface area contributed by atoms with Crippen molar-refractivity contribution in [3.63, 3.8) is 0 Å². The zero-order chi connectivity index (χ0) is 18.4. The van der Waals surface area contributed by atoms with Gasteiger partial charge in [-0.15, -0.1) is 11.3 Å². The van der Waals surface area contributed by atoms with E-state index in [0.29, 0.717) is 17.0 Å². The summed E-state index contributed by atoms with van der Waals surface area (Å²) in [6.07, 6.45) is 0.424. The fourth-order valence-corrected chi connectivity index (χ4v) is 3.66. The van der Waals surface area contributed by atoms with Gasteiger partial charge in [0.2, 0.25) is 5.91 Å². The van der Waals surface area contributed by atoms with Crippen molar-refractivity contribution in [3.05, 3.63) is 86.1 Å². The second-order valence-electron chi connectivity index (χ2n) is 5.69. The summed E-state index contributed by atoms with van der Waals surface area (Å²) in [7, 11) is 0. The average Bonchev–Trinajstić information content (AvgIpc) is 3.17. The van der Waals surface area contributed by atoms with Gasteiger partial charge in [0.05, 0.1) is 4.88 Å². The average molecular weight is 476 g/mol. The van der Waals surface area contributed by atoms with E-state index in [1.807, 2.05) is 66.0 Å². The normalized spacial score (nSPS) is 11.6. The minimum absolute atomic E-state index is 0.235. The van der Waals surface area contributed by atoms with E-state index in [1.54, 1.807) is 6.07 Å². The lowest BCUT2D eigenvalue weighted by Crippen LogP contribution is -2.45. The molecule has 3 aromatic rings. The Balaban J connectivity index is 1.77. The summed E-state index contributed by atoms with van der Waals surface area (Å²) < 4.78 is 1.03. The number of hydrogen-bond donors (Lipinski definition) is 2. The van der Waals surface area contributed by atoms with Crippen molar-refractivity contribution in [3.8, 4) is 0 Å². The molecule has 0 saturated heterocycles. The van der Waals surface area contributed by atoms with Gasteiger partial charge in [-0.1, -0.05) is 42.5 Å². The maximum atomic E-state index is 12.8. The van der Waals surface area contributed by atoms with Crippen LogP contribution in [0, 0.1) is 3.57 Å². The Kier molecular flexibility index (Phi) is 6.40. The van der Waals surface area contributed by atoms with Gasteiger partial charge in [-0.3, -0.25) is 9.59 Å². The van der Waals surface area contributed by atoms with Crippen LogP contribution >= 0.6 is 33.9 Å². The smallest absolute Gasteiger partial charge is 0.262 e. The van der Waals surface area contributed by atoms with Crippen LogP contribution in [0.5, 0.6) is 0 Å². The van der Waals surface area contributed by atoms with Crippen molar-refractivity contribution in [2.45, 2.75) is 12.5 Å². The summed E-state index contributed by atoms with van der Waals surface area (Å²) in [5.74, 6) is -0.473. The summed E-state index contributed by atoms with van der Waals surface area (Å²) in [6.45, 7) is 0. The Hall–Kier alpha value is -2.19. The Morgan fingerprint density at radius 1 is 1.00 bits per heavy atom. The van der Waals surface area contributed by atoms with Crippen molar-refractivity contribution in [1.82, 2.24) is 5.32 Å². The van der Waals surface area contributed by atoms with Gasteiger partial charge in [0.15, 0.2) is 0 Å². The van der Waals surface area contributed by atoms with Gasteiger partial charge in [-0.25, -0.2) is 0 Å².